The van der Waals surface area contributed by atoms with Gasteiger partial charge in [0.25, 0.3) is 0 Å². The van der Waals surface area contributed by atoms with E-state index in [4.69, 9.17) is 0 Å². The molecule has 0 radical (unpaired) electrons. The summed E-state index contributed by atoms with van der Waals surface area (Å²) >= 11 is 3.32. The molecule has 22 heavy (non-hydrogen) atoms. The van der Waals surface area contributed by atoms with Crippen LogP contribution in [0.3, 0.4) is 0 Å². The Morgan fingerprint density at radius 2 is 1.68 bits per heavy atom. The number of aromatic hydroxyl groups is 1. The first kappa shape index (κ1) is 16.8. The van der Waals surface area contributed by atoms with Crippen molar-refractivity contribution in [3.05, 3.63) is 52.5 Å². The van der Waals surface area contributed by atoms with Crippen LogP contribution < -0.4 is 0 Å². The van der Waals surface area contributed by atoms with Crippen LogP contribution >= 0.6 is 15.9 Å². The largest absolute Gasteiger partial charge is 0.507 e. The van der Waals surface area contributed by atoms with Gasteiger partial charge in [0.1, 0.15) is 5.75 Å². The second-order valence-electron chi connectivity index (χ2n) is 5.48. The number of phenols is 1. The molecule has 2 nitrogen and oxygen atoms in total. The first-order valence-electron chi connectivity index (χ1n) is 7.74. The van der Waals surface area contributed by atoms with E-state index in [0.29, 0.717) is 10.9 Å². The lowest BCUT2D eigenvalue weighted by atomic mass is 10.00. The predicted octanol–water partition coefficient (Wildman–Crippen LogP) is 5.97. The van der Waals surface area contributed by atoms with Crippen LogP contribution in [0.25, 0.3) is 11.1 Å². The van der Waals surface area contributed by atoms with Crippen molar-refractivity contribution in [2.24, 2.45) is 0 Å². The van der Waals surface area contributed by atoms with Crippen LogP contribution in [0.4, 0.5) is 0 Å². The molecule has 116 valence electrons. The van der Waals surface area contributed by atoms with Gasteiger partial charge in [-0.15, -0.1) is 0 Å². The van der Waals surface area contributed by atoms with E-state index in [1.54, 1.807) is 6.07 Å². The summed E-state index contributed by atoms with van der Waals surface area (Å²) < 4.78 is 0.668. The average molecular weight is 361 g/mol. The lowest BCUT2D eigenvalue weighted by Gasteiger charge is -2.06. The highest BCUT2D eigenvalue weighted by Crippen LogP contribution is 2.29. The van der Waals surface area contributed by atoms with E-state index in [1.165, 1.54) is 12.8 Å². The summed E-state index contributed by atoms with van der Waals surface area (Å²) in [6.45, 7) is 2.17. The molecule has 0 amide bonds. The Morgan fingerprint density at radius 1 is 1.00 bits per heavy atom. The Kier molecular flexibility index (Phi) is 6.20. The third-order valence-corrected chi connectivity index (χ3v) is 4.38. The molecule has 3 heteroatoms. The van der Waals surface area contributed by atoms with E-state index in [9.17, 15) is 9.90 Å². The van der Waals surface area contributed by atoms with E-state index in [2.05, 4.69) is 22.9 Å². The zero-order chi connectivity index (χ0) is 15.9. The zero-order valence-corrected chi connectivity index (χ0v) is 14.4. The topological polar surface area (TPSA) is 37.3 Å². The fourth-order valence-electron chi connectivity index (χ4n) is 2.39. The van der Waals surface area contributed by atoms with Gasteiger partial charge in [-0.1, -0.05) is 56.5 Å². The van der Waals surface area contributed by atoms with Gasteiger partial charge in [0, 0.05) is 12.0 Å². The predicted molar refractivity (Wildman–Crippen MR) is 94.3 cm³/mol. The Bertz CT molecular complexity index is 632. The highest BCUT2D eigenvalue weighted by atomic mass is 79.9. The smallest absolute Gasteiger partial charge is 0.162 e. The van der Waals surface area contributed by atoms with Gasteiger partial charge in [-0.05, 0) is 45.6 Å². The first-order chi connectivity index (χ1) is 10.6. The molecule has 0 unspecified atom stereocenters. The van der Waals surface area contributed by atoms with E-state index >= 15 is 0 Å². The number of ketones is 1. The van der Waals surface area contributed by atoms with Gasteiger partial charge >= 0.3 is 0 Å². The molecule has 2 rings (SSSR count). The molecule has 2 aromatic rings. The molecule has 0 atom stereocenters. The minimum Gasteiger partial charge on any atom is -0.507 e. The number of Topliss-reactive ketones (excluding diaryl/α,β-unsaturated/α-hetero) is 1. The Morgan fingerprint density at radius 3 is 2.32 bits per heavy atom. The molecule has 0 aliphatic heterocycles. The number of unbranched alkanes of at least 4 members (excludes halogenated alkanes) is 3. The van der Waals surface area contributed by atoms with Crippen molar-refractivity contribution < 1.29 is 9.90 Å². The maximum absolute atomic E-state index is 12.1. The Labute approximate surface area is 140 Å². The summed E-state index contributed by atoms with van der Waals surface area (Å²) in [5, 5.41) is 9.54. The second-order valence-corrected chi connectivity index (χ2v) is 6.33. The minimum atomic E-state index is 0.217. The number of carbonyl (C=O) groups excluding carboxylic acids is 1. The standard InChI is InChI=1S/C19H21BrO2/c1-2-3-4-5-6-18(21)15-9-7-14(8-10-15)16-11-12-19(22)17(20)13-16/h7-13,22H,2-6H2,1H3. The van der Waals surface area contributed by atoms with E-state index < -0.39 is 0 Å². The lowest BCUT2D eigenvalue weighted by molar-refractivity contribution is 0.0979. The second kappa shape index (κ2) is 8.14. The summed E-state index contributed by atoms with van der Waals surface area (Å²) in [5.74, 6) is 0.442. The fourth-order valence-corrected chi connectivity index (χ4v) is 2.77. The molecule has 0 bridgehead atoms. The van der Waals surface area contributed by atoms with Gasteiger partial charge in [-0.3, -0.25) is 4.79 Å². The molecule has 0 saturated carbocycles. The summed E-state index contributed by atoms with van der Waals surface area (Å²) in [5.41, 5.74) is 2.81. The van der Waals surface area contributed by atoms with Crippen molar-refractivity contribution in [1.29, 1.82) is 0 Å². The molecule has 1 N–H and O–H groups in total. The van der Waals surface area contributed by atoms with E-state index in [1.807, 2.05) is 36.4 Å². The molecule has 0 heterocycles. The first-order valence-corrected chi connectivity index (χ1v) is 8.53. The van der Waals surface area contributed by atoms with Crippen molar-refractivity contribution >= 4 is 21.7 Å². The Hall–Kier alpha value is -1.61. The monoisotopic (exact) mass is 360 g/mol. The van der Waals surface area contributed by atoms with Crippen molar-refractivity contribution in [1.82, 2.24) is 0 Å². The molecular weight excluding hydrogens is 340 g/mol. The molecule has 0 aliphatic carbocycles. The van der Waals surface area contributed by atoms with Gasteiger partial charge in [0.05, 0.1) is 4.47 Å². The van der Waals surface area contributed by atoms with Crippen LogP contribution in [-0.4, -0.2) is 10.9 Å². The van der Waals surface area contributed by atoms with Crippen LogP contribution in [0.15, 0.2) is 46.9 Å². The van der Waals surface area contributed by atoms with Gasteiger partial charge < -0.3 is 5.11 Å². The third-order valence-electron chi connectivity index (χ3n) is 3.75. The van der Waals surface area contributed by atoms with Gasteiger partial charge in [0.15, 0.2) is 5.78 Å². The normalized spacial score (nSPS) is 10.6. The number of hydrogen-bond acceptors (Lipinski definition) is 2. The minimum absolute atomic E-state index is 0.217. The Balaban J connectivity index is 2.03. The number of halogens is 1. The van der Waals surface area contributed by atoms with Crippen LogP contribution in [0.5, 0.6) is 5.75 Å². The van der Waals surface area contributed by atoms with E-state index in [-0.39, 0.29) is 11.5 Å². The SMILES string of the molecule is CCCCCCC(=O)c1ccc(-c2ccc(O)c(Br)c2)cc1. The number of rotatable bonds is 7. The number of benzene rings is 2. The average Bonchev–Trinajstić information content (AvgIpc) is 2.54. The van der Waals surface area contributed by atoms with Crippen LogP contribution in [0.2, 0.25) is 0 Å². The molecular formula is C19H21BrO2. The van der Waals surface area contributed by atoms with Crippen molar-refractivity contribution in [3.63, 3.8) is 0 Å². The zero-order valence-electron chi connectivity index (χ0n) is 12.8. The van der Waals surface area contributed by atoms with Gasteiger partial charge in [-0.25, -0.2) is 0 Å². The summed E-state index contributed by atoms with van der Waals surface area (Å²) in [4.78, 5) is 12.1. The molecule has 0 spiro atoms. The molecule has 2 aromatic carbocycles. The fraction of sp³-hybridized carbons (Fsp3) is 0.316. The molecule has 0 saturated heterocycles. The van der Waals surface area contributed by atoms with Crippen LogP contribution in [0.1, 0.15) is 49.4 Å². The van der Waals surface area contributed by atoms with Gasteiger partial charge in [-0.2, -0.15) is 0 Å². The van der Waals surface area contributed by atoms with Crippen molar-refractivity contribution in [3.8, 4) is 16.9 Å². The maximum atomic E-state index is 12.1. The maximum Gasteiger partial charge on any atom is 0.162 e. The van der Waals surface area contributed by atoms with E-state index in [0.717, 1.165) is 29.5 Å². The van der Waals surface area contributed by atoms with Crippen molar-refractivity contribution in [2.45, 2.75) is 39.0 Å². The molecule has 0 aliphatic rings. The lowest BCUT2D eigenvalue weighted by Crippen LogP contribution is -1.98. The summed E-state index contributed by atoms with van der Waals surface area (Å²) in [6, 6.07) is 13.1. The van der Waals surface area contributed by atoms with Gasteiger partial charge in [0.2, 0.25) is 0 Å². The highest BCUT2D eigenvalue weighted by molar-refractivity contribution is 9.10. The quantitative estimate of drug-likeness (QED) is 0.487. The highest BCUT2D eigenvalue weighted by Gasteiger charge is 2.07. The molecule has 0 aromatic heterocycles. The van der Waals surface area contributed by atoms with Crippen LogP contribution in [0, 0.1) is 0 Å². The summed E-state index contributed by atoms with van der Waals surface area (Å²) in [7, 11) is 0. The molecule has 0 fully saturated rings. The number of hydrogen-bond donors (Lipinski definition) is 1. The number of carbonyl (C=O) groups is 1. The van der Waals surface area contributed by atoms with Crippen molar-refractivity contribution in [2.75, 3.05) is 0 Å². The number of phenolic OH excluding ortho intramolecular Hbond substituents is 1. The summed E-state index contributed by atoms with van der Waals surface area (Å²) in [6.07, 6.45) is 5.11. The van der Waals surface area contributed by atoms with Crippen LogP contribution in [-0.2, 0) is 0 Å². The third kappa shape index (κ3) is 4.44.